The summed E-state index contributed by atoms with van der Waals surface area (Å²) in [5.41, 5.74) is 1.74. The molecule has 1 heterocycles. The Hall–Kier alpha value is -1.58. The second-order valence-electron chi connectivity index (χ2n) is 5.29. The fraction of sp³-hybridized carbons (Fsp3) is 0.294. The monoisotopic (exact) mass is 304 g/mol. The number of anilines is 1. The third-order valence-corrected chi connectivity index (χ3v) is 4.16. The summed E-state index contributed by atoms with van der Waals surface area (Å²) >= 11 is 6.21. The van der Waals surface area contributed by atoms with Crippen molar-refractivity contribution in [2.24, 2.45) is 0 Å². The lowest BCUT2D eigenvalue weighted by Crippen LogP contribution is -2.32. The van der Waals surface area contributed by atoms with E-state index >= 15 is 0 Å². The number of nitrogens with zero attached hydrogens (tertiary/aromatic N) is 1. The number of rotatable bonds is 2. The van der Waals surface area contributed by atoms with Crippen LogP contribution in [0.1, 0.15) is 18.0 Å². The fourth-order valence-electron chi connectivity index (χ4n) is 2.83. The molecule has 0 radical (unpaired) electrons. The van der Waals surface area contributed by atoms with Crippen molar-refractivity contribution in [1.82, 2.24) is 5.32 Å². The van der Waals surface area contributed by atoms with Crippen LogP contribution in [0.3, 0.4) is 0 Å². The van der Waals surface area contributed by atoms with Gasteiger partial charge in [0.2, 0.25) is 0 Å². The van der Waals surface area contributed by atoms with E-state index in [0.717, 1.165) is 19.5 Å². The Morgan fingerprint density at radius 1 is 1.10 bits per heavy atom. The van der Waals surface area contributed by atoms with Gasteiger partial charge in [-0.3, -0.25) is 0 Å². The van der Waals surface area contributed by atoms with Gasteiger partial charge in [0.1, 0.15) is 5.82 Å². The van der Waals surface area contributed by atoms with E-state index in [0.29, 0.717) is 17.3 Å². The number of para-hydroxylation sites is 1. The first-order valence-corrected chi connectivity index (χ1v) is 7.61. The Bertz CT molecular complexity index is 583. The quantitative estimate of drug-likeness (QED) is 0.901. The van der Waals surface area contributed by atoms with Crippen LogP contribution in [-0.2, 0) is 0 Å². The van der Waals surface area contributed by atoms with Crippen molar-refractivity contribution in [1.29, 1.82) is 0 Å². The summed E-state index contributed by atoms with van der Waals surface area (Å²) in [5.74, 6) is -0.254. The average molecular weight is 305 g/mol. The van der Waals surface area contributed by atoms with Gasteiger partial charge in [-0.2, -0.15) is 0 Å². The highest BCUT2D eigenvalue weighted by molar-refractivity contribution is 6.33. The van der Waals surface area contributed by atoms with Gasteiger partial charge in [0.25, 0.3) is 0 Å². The zero-order chi connectivity index (χ0) is 14.7. The summed E-state index contributed by atoms with van der Waals surface area (Å²) in [7, 11) is 0. The predicted molar refractivity (Wildman–Crippen MR) is 85.4 cm³/mol. The zero-order valence-electron chi connectivity index (χ0n) is 11.7. The molecule has 2 aromatic carbocycles. The standard InChI is InChI=1S/C17H18ClFN2/c18-14-8-4-9-15(19)17(14)21-11-5-10-20-16(12-21)13-6-2-1-3-7-13/h1-4,6-9,16,20H,5,10-12H2. The molecule has 0 spiro atoms. The van der Waals surface area contributed by atoms with Crippen LogP contribution in [0.2, 0.25) is 5.02 Å². The molecule has 2 nitrogen and oxygen atoms in total. The van der Waals surface area contributed by atoms with Crippen molar-refractivity contribution in [2.45, 2.75) is 12.5 Å². The van der Waals surface area contributed by atoms with Crippen molar-refractivity contribution in [3.05, 3.63) is 64.9 Å². The van der Waals surface area contributed by atoms with Crippen LogP contribution in [-0.4, -0.2) is 19.6 Å². The first-order valence-electron chi connectivity index (χ1n) is 7.23. The highest BCUT2D eigenvalue weighted by Crippen LogP contribution is 2.31. The topological polar surface area (TPSA) is 15.3 Å². The van der Waals surface area contributed by atoms with Crippen LogP contribution in [0.25, 0.3) is 0 Å². The van der Waals surface area contributed by atoms with E-state index in [1.807, 2.05) is 18.2 Å². The Labute approximate surface area is 129 Å². The summed E-state index contributed by atoms with van der Waals surface area (Å²) in [6.07, 6.45) is 0.966. The molecule has 3 rings (SSSR count). The first-order chi connectivity index (χ1) is 10.3. The third-order valence-electron chi connectivity index (χ3n) is 3.85. The van der Waals surface area contributed by atoms with Crippen molar-refractivity contribution >= 4 is 17.3 Å². The van der Waals surface area contributed by atoms with E-state index in [1.54, 1.807) is 12.1 Å². The van der Waals surface area contributed by atoms with Crippen LogP contribution in [0.15, 0.2) is 48.5 Å². The second kappa shape index (κ2) is 6.46. The number of halogens is 2. The van der Waals surface area contributed by atoms with Crippen LogP contribution >= 0.6 is 11.6 Å². The van der Waals surface area contributed by atoms with Gasteiger partial charge < -0.3 is 10.2 Å². The van der Waals surface area contributed by atoms with E-state index in [2.05, 4.69) is 22.3 Å². The lowest BCUT2D eigenvalue weighted by Gasteiger charge is -2.27. The molecule has 1 saturated heterocycles. The molecule has 1 aliphatic heterocycles. The summed E-state index contributed by atoms with van der Waals surface area (Å²) in [4.78, 5) is 2.05. The largest absolute Gasteiger partial charge is 0.366 e. The molecule has 110 valence electrons. The molecular weight excluding hydrogens is 287 g/mol. The van der Waals surface area contributed by atoms with Crippen molar-refractivity contribution in [3.63, 3.8) is 0 Å². The van der Waals surface area contributed by atoms with E-state index in [4.69, 9.17) is 11.6 Å². The summed E-state index contributed by atoms with van der Waals surface area (Å²) in [6, 6.07) is 15.3. The molecular formula is C17H18ClFN2. The summed E-state index contributed by atoms with van der Waals surface area (Å²) < 4.78 is 14.2. The minimum atomic E-state index is -0.254. The Morgan fingerprint density at radius 2 is 1.90 bits per heavy atom. The van der Waals surface area contributed by atoms with Gasteiger partial charge in [0.05, 0.1) is 10.7 Å². The molecule has 0 bridgehead atoms. The third kappa shape index (κ3) is 3.20. The van der Waals surface area contributed by atoms with Crippen LogP contribution in [0.4, 0.5) is 10.1 Å². The van der Waals surface area contributed by atoms with Crippen molar-refractivity contribution in [3.8, 4) is 0 Å². The Balaban J connectivity index is 1.89. The number of hydrogen-bond acceptors (Lipinski definition) is 2. The molecule has 1 N–H and O–H groups in total. The van der Waals surface area contributed by atoms with Crippen LogP contribution in [0.5, 0.6) is 0 Å². The lowest BCUT2D eigenvalue weighted by molar-refractivity contribution is 0.564. The minimum Gasteiger partial charge on any atom is -0.366 e. The van der Waals surface area contributed by atoms with Crippen molar-refractivity contribution in [2.75, 3.05) is 24.5 Å². The lowest BCUT2D eigenvalue weighted by atomic mass is 10.1. The first kappa shape index (κ1) is 14.4. The molecule has 1 aliphatic rings. The van der Waals surface area contributed by atoms with Gasteiger partial charge in [-0.15, -0.1) is 0 Å². The average Bonchev–Trinajstić information content (AvgIpc) is 2.74. The molecule has 1 fully saturated rings. The van der Waals surface area contributed by atoms with Gasteiger partial charge >= 0.3 is 0 Å². The fourth-order valence-corrected chi connectivity index (χ4v) is 3.11. The maximum atomic E-state index is 14.2. The Kier molecular flexibility index (Phi) is 4.42. The minimum absolute atomic E-state index is 0.185. The normalized spacial score (nSPS) is 19.3. The molecule has 1 unspecified atom stereocenters. The van der Waals surface area contributed by atoms with Gasteiger partial charge in [-0.1, -0.05) is 48.0 Å². The van der Waals surface area contributed by atoms with Gasteiger partial charge in [-0.25, -0.2) is 4.39 Å². The highest BCUT2D eigenvalue weighted by atomic mass is 35.5. The van der Waals surface area contributed by atoms with Gasteiger partial charge in [0, 0.05) is 19.1 Å². The van der Waals surface area contributed by atoms with Crippen LogP contribution < -0.4 is 10.2 Å². The summed E-state index contributed by atoms with van der Waals surface area (Å²) in [5, 5.41) is 4.01. The number of hydrogen-bond donors (Lipinski definition) is 1. The Morgan fingerprint density at radius 3 is 2.67 bits per heavy atom. The molecule has 21 heavy (non-hydrogen) atoms. The highest BCUT2D eigenvalue weighted by Gasteiger charge is 2.22. The molecule has 4 heteroatoms. The number of benzene rings is 2. The molecule has 0 aliphatic carbocycles. The molecule has 0 amide bonds. The van der Waals surface area contributed by atoms with E-state index in [1.165, 1.54) is 11.6 Å². The van der Waals surface area contributed by atoms with Gasteiger partial charge in [-0.05, 0) is 30.7 Å². The SMILES string of the molecule is Fc1cccc(Cl)c1N1CCCNC(c2ccccc2)C1. The molecule has 1 atom stereocenters. The zero-order valence-corrected chi connectivity index (χ0v) is 12.5. The van der Waals surface area contributed by atoms with Crippen LogP contribution in [0, 0.1) is 5.82 Å². The molecule has 2 aromatic rings. The maximum absolute atomic E-state index is 14.2. The van der Waals surface area contributed by atoms with E-state index in [9.17, 15) is 4.39 Å². The summed E-state index contributed by atoms with van der Waals surface area (Å²) in [6.45, 7) is 2.43. The van der Waals surface area contributed by atoms with Crippen molar-refractivity contribution < 1.29 is 4.39 Å². The number of nitrogens with one attached hydrogen (secondary N) is 1. The maximum Gasteiger partial charge on any atom is 0.148 e. The molecule has 0 aromatic heterocycles. The van der Waals surface area contributed by atoms with E-state index in [-0.39, 0.29) is 11.9 Å². The predicted octanol–water partition coefficient (Wildman–Crippen LogP) is 4.02. The smallest absolute Gasteiger partial charge is 0.148 e. The van der Waals surface area contributed by atoms with Gasteiger partial charge in [0.15, 0.2) is 0 Å². The van der Waals surface area contributed by atoms with E-state index < -0.39 is 0 Å². The molecule has 0 saturated carbocycles. The second-order valence-corrected chi connectivity index (χ2v) is 5.69.